The SMILES string of the molecule is C[CH2][Sn]([CH2]C)[C](C)(C)C.O. The molecule has 0 aromatic heterocycles. The van der Waals surface area contributed by atoms with E-state index in [2.05, 4.69) is 34.6 Å². The Bertz CT molecular complexity index is 71.8. The van der Waals surface area contributed by atoms with Gasteiger partial charge in [-0.3, -0.25) is 0 Å². The Morgan fingerprint density at radius 1 is 1.00 bits per heavy atom. The molecule has 0 amide bonds. The van der Waals surface area contributed by atoms with E-state index in [0.29, 0.717) is 3.43 Å². The molecule has 10 heavy (non-hydrogen) atoms. The fourth-order valence-corrected chi connectivity index (χ4v) is 8.79. The van der Waals surface area contributed by atoms with Gasteiger partial charge in [0.15, 0.2) is 0 Å². The van der Waals surface area contributed by atoms with Gasteiger partial charge < -0.3 is 5.48 Å². The van der Waals surface area contributed by atoms with Crippen LogP contribution in [0, 0.1) is 0 Å². The zero-order valence-electron chi connectivity index (χ0n) is 7.91. The summed E-state index contributed by atoms with van der Waals surface area (Å²) in [5, 5.41) is 0. The van der Waals surface area contributed by atoms with Gasteiger partial charge in [0.25, 0.3) is 0 Å². The van der Waals surface area contributed by atoms with Crippen LogP contribution in [0.1, 0.15) is 34.6 Å². The molecule has 63 valence electrons. The fraction of sp³-hybridized carbons (Fsp3) is 1.00. The first-order chi connectivity index (χ1) is 4.02. The molecule has 0 rings (SSSR count). The monoisotopic (exact) mass is 253 g/mol. The number of hydrogen-bond donors (Lipinski definition) is 0. The predicted octanol–water partition coefficient (Wildman–Crippen LogP) is 2.50. The summed E-state index contributed by atoms with van der Waals surface area (Å²) in [5.41, 5.74) is 0. The maximum absolute atomic E-state index is 2.41. The second kappa shape index (κ2) is 5.41. The smallest absolute Gasteiger partial charge is 0.412 e. The van der Waals surface area contributed by atoms with E-state index < -0.39 is 19.8 Å². The van der Waals surface area contributed by atoms with Crippen LogP contribution in [0.15, 0.2) is 0 Å². The molecule has 0 aliphatic heterocycles. The van der Waals surface area contributed by atoms with Gasteiger partial charge in [-0.05, 0) is 0 Å². The molecule has 0 aromatic rings. The van der Waals surface area contributed by atoms with Gasteiger partial charge in [-0.1, -0.05) is 0 Å². The van der Waals surface area contributed by atoms with E-state index in [0.717, 1.165) is 0 Å². The van der Waals surface area contributed by atoms with Crippen molar-refractivity contribution in [2.75, 3.05) is 0 Å². The van der Waals surface area contributed by atoms with Crippen molar-refractivity contribution in [2.24, 2.45) is 0 Å². The molecule has 0 saturated carbocycles. The molecule has 0 aromatic carbocycles. The zero-order chi connectivity index (χ0) is 7.49. The van der Waals surface area contributed by atoms with Crippen molar-refractivity contribution in [3.63, 3.8) is 0 Å². The van der Waals surface area contributed by atoms with Crippen molar-refractivity contribution >= 4 is 19.8 Å². The van der Waals surface area contributed by atoms with E-state index in [9.17, 15) is 0 Å². The van der Waals surface area contributed by atoms with Gasteiger partial charge in [0, 0.05) is 0 Å². The molecule has 0 bridgehead atoms. The largest absolute Gasteiger partial charge is 0.412 e. The van der Waals surface area contributed by atoms with E-state index in [1.165, 1.54) is 8.87 Å². The van der Waals surface area contributed by atoms with Crippen LogP contribution in [-0.2, 0) is 0 Å². The third-order valence-corrected chi connectivity index (χ3v) is 12.8. The quantitative estimate of drug-likeness (QED) is 0.676. The molecule has 1 nitrogen and oxygen atoms in total. The maximum atomic E-state index is 2.41. The van der Waals surface area contributed by atoms with Crippen molar-refractivity contribution < 1.29 is 5.48 Å². The van der Waals surface area contributed by atoms with Gasteiger partial charge in [-0.2, -0.15) is 0 Å². The van der Waals surface area contributed by atoms with Crippen LogP contribution >= 0.6 is 0 Å². The topological polar surface area (TPSA) is 31.5 Å². The summed E-state index contributed by atoms with van der Waals surface area (Å²) in [5.74, 6) is 0. The predicted molar refractivity (Wildman–Crippen MR) is 50.0 cm³/mol. The second-order valence-electron chi connectivity index (χ2n) is 3.56. The Hall–Kier alpha value is 0.759. The summed E-state index contributed by atoms with van der Waals surface area (Å²) in [6.07, 6.45) is 0. The van der Waals surface area contributed by atoms with Gasteiger partial charge in [0.1, 0.15) is 0 Å². The standard InChI is InChI=1S/C4H9.2C2H5.H2O.Sn/c1-4(2)3;2*1-2;;/h1-3H3;2*1H2,2H3;1H2;. The van der Waals surface area contributed by atoms with Gasteiger partial charge in [0.2, 0.25) is 0 Å². The molecule has 0 aliphatic rings. The first kappa shape index (κ1) is 13.4. The third-order valence-electron chi connectivity index (χ3n) is 1.91. The van der Waals surface area contributed by atoms with E-state index in [4.69, 9.17) is 0 Å². The van der Waals surface area contributed by atoms with Crippen LogP contribution in [0.4, 0.5) is 0 Å². The van der Waals surface area contributed by atoms with Crippen molar-refractivity contribution in [2.45, 2.75) is 46.9 Å². The molecule has 1 radical (unpaired) electrons. The minimum Gasteiger partial charge on any atom is -0.412 e. The first-order valence-electron chi connectivity index (χ1n) is 3.87. The molecular formula is C8H21OSn. The summed E-state index contributed by atoms with van der Waals surface area (Å²) in [6, 6.07) is 0. The van der Waals surface area contributed by atoms with E-state index >= 15 is 0 Å². The Morgan fingerprint density at radius 3 is 1.30 bits per heavy atom. The Labute approximate surface area is 72.3 Å². The van der Waals surface area contributed by atoms with Crippen LogP contribution in [0.2, 0.25) is 12.3 Å². The molecule has 0 aliphatic carbocycles. The number of hydrogen-bond acceptors (Lipinski definition) is 0. The van der Waals surface area contributed by atoms with Gasteiger partial charge in [-0.25, -0.2) is 0 Å². The van der Waals surface area contributed by atoms with Crippen molar-refractivity contribution in [3.8, 4) is 0 Å². The molecular weight excluding hydrogens is 231 g/mol. The second-order valence-corrected chi connectivity index (χ2v) is 15.3. The van der Waals surface area contributed by atoms with Crippen molar-refractivity contribution in [1.29, 1.82) is 0 Å². The van der Waals surface area contributed by atoms with E-state index in [1.807, 2.05) is 0 Å². The van der Waals surface area contributed by atoms with E-state index in [1.54, 1.807) is 0 Å². The third kappa shape index (κ3) is 4.56. The average molecular weight is 252 g/mol. The Kier molecular flexibility index (Phi) is 7.23. The minimum absolute atomic E-state index is 0. The van der Waals surface area contributed by atoms with Crippen LogP contribution in [0.3, 0.4) is 0 Å². The van der Waals surface area contributed by atoms with Crippen molar-refractivity contribution in [1.82, 2.24) is 0 Å². The molecule has 0 spiro atoms. The molecule has 2 N–H and O–H groups in total. The molecule has 2 heteroatoms. The average Bonchev–Trinajstić information content (AvgIpc) is 1.65. The first-order valence-corrected chi connectivity index (χ1v) is 9.33. The summed E-state index contributed by atoms with van der Waals surface area (Å²) >= 11 is -0.913. The molecule has 0 atom stereocenters. The summed E-state index contributed by atoms with van der Waals surface area (Å²) in [4.78, 5) is 0. The number of rotatable bonds is 2. The summed E-state index contributed by atoms with van der Waals surface area (Å²) in [7, 11) is 0. The zero-order valence-corrected chi connectivity index (χ0v) is 10.8. The van der Waals surface area contributed by atoms with Gasteiger partial charge >= 0.3 is 66.7 Å². The molecule has 0 saturated heterocycles. The fourth-order valence-electron chi connectivity index (χ4n) is 1.31. The molecule has 0 unspecified atom stereocenters. The van der Waals surface area contributed by atoms with Crippen LogP contribution in [-0.4, -0.2) is 25.2 Å². The summed E-state index contributed by atoms with van der Waals surface area (Å²) in [6.45, 7) is 12.0. The molecule has 0 heterocycles. The Morgan fingerprint density at radius 2 is 1.30 bits per heavy atom. The van der Waals surface area contributed by atoms with Crippen LogP contribution in [0.25, 0.3) is 0 Å². The van der Waals surface area contributed by atoms with Gasteiger partial charge in [-0.15, -0.1) is 0 Å². The molecule has 0 fully saturated rings. The normalized spacial score (nSPS) is 11.4. The summed E-state index contributed by atoms with van der Waals surface area (Å²) < 4.78 is 3.75. The van der Waals surface area contributed by atoms with Crippen LogP contribution < -0.4 is 0 Å². The Balaban J connectivity index is 0. The van der Waals surface area contributed by atoms with Gasteiger partial charge in [0.05, 0.1) is 0 Å². The van der Waals surface area contributed by atoms with Crippen LogP contribution in [0.5, 0.6) is 0 Å². The maximum Gasteiger partial charge on any atom is -0.412 e. The van der Waals surface area contributed by atoms with Crippen molar-refractivity contribution in [3.05, 3.63) is 0 Å². The minimum atomic E-state index is -0.913. The van der Waals surface area contributed by atoms with E-state index in [-0.39, 0.29) is 5.48 Å².